The van der Waals surface area contributed by atoms with Gasteiger partial charge in [-0.25, -0.2) is 12.7 Å². The summed E-state index contributed by atoms with van der Waals surface area (Å²) in [4.78, 5) is 11.6. The van der Waals surface area contributed by atoms with Crippen LogP contribution in [0.4, 0.5) is 0 Å². The van der Waals surface area contributed by atoms with Gasteiger partial charge in [0.1, 0.15) is 5.25 Å². The van der Waals surface area contributed by atoms with E-state index in [9.17, 15) is 13.2 Å². The minimum Gasteiger partial charge on any atom is -0.480 e. The highest BCUT2D eigenvalue weighted by molar-refractivity contribution is 8.00. The summed E-state index contributed by atoms with van der Waals surface area (Å²) >= 11 is 1.17. The molecular formula is C11H15NO4S2. The van der Waals surface area contributed by atoms with Crippen LogP contribution >= 0.6 is 11.8 Å². The van der Waals surface area contributed by atoms with E-state index in [1.165, 1.54) is 38.0 Å². The van der Waals surface area contributed by atoms with E-state index >= 15 is 0 Å². The summed E-state index contributed by atoms with van der Waals surface area (Å²) in [6, 6.07) is 6.18. The number of aliphatic carboxylic acids is 1. The fraction of sp³-hybridized carbons (Fsp3) is 0.364. The van der Waals surface area contributed by atoms with Crippen LogP contribution in [0.1, 0.15) is 6.92 Å². The van der Waals surface area contributed by atoms with Gasteiger partial charge in [0.05, 0.1) is 4.90 Å². The van der Waals surface area contributed by atoms with Crippen LogP contribution in [0.15, 0.2) is 34.1 Å². The lowest BCUT2D eigenvalue weighted by molar-refractivity contribution is -0.136. The highest BCUT2D eigenvalue weighted by Gasteiger charge is 2.17. The zero-order chi connectivity index (χ0) is 13.9. The average molecular weight is 289 g/mol. The zero-order valence-electron chi connectivity index (χ0n) is 10.3. The molecule has 0 aliphatic carbocycles. The molecular weight excluding hydrogens is 274 g/mol. The van der Waals surface area contributed by atoms with E-state index < -0.39 is 21.2 Å². The Bertz CT molecular complexity index is 522. The van der Waals surface area contributed by atoms with Crippen LogP contribution in [0.2, 0.25) is 0 Å². The molecule has 0 aliphatic rings. The molecule has 7 heteroatoms. The predicted octanol–water partition coefficient (Wildman–Crippen LogP) is 1.50. The van der Waals surface area contributed by atoms with Crippen LogP contribution in [-0.2, 0) is 14.8 Å². The summed E-state index contributed by atoms with van der Waals surface area (Å²) in [6.07, 6.45) is 0. The summed E-state index contributed by atoms with van der Waals surface area (Å²) in [5.41, 5.74) is 0. The Labute approximate surface area is 111 Å². The third-order valence-corrected chi connectivity index (χ3v) is 5.19. The predicted molar refractivity (Wildman–Crippen MR) is 70.3 cm³/mol. The lowest BCUT2D eigenvalue weighted by Crippen LogP contribution is -2.22. The van der Waals surface area contributed by atoms with Crippen molar-refractivity contribution in [1.29, 1.82) is 0 Å². The molecule has 1 unspecified atom stereocenters. The minimum atomic E-state index is -3.43. The lowest BCUT2D eigenvalue weighted by Gasteiger charge is -2.12. The molecule has 0 amide bonds. The zero-order valence-corrected chi connectivity index (χ0v) is 12.0. The van der Waals surface area contributed by atoms with Gasteiger partial charge in [-0.1, -0.05) is 0 Å². The number of hydrogen-bond donors (Lipinski definition) is 1. The number of sulfonamides is 1. The average Bonchev–Trinajstić information content (AvgIpc) is 2.29. The number of benzene rings is 1. The van der Waals surface area contributed by atoms with Crippen molar-refractivity contribution < 1.29 is 18.3 Å². The van der Waals surface area contributed by atoms with Gasteiger partial charge in [0, 0.05) is 19.0 Å². The maximum atomic E-state index is 11.8. The molecule has 1 N–H and O–H groups in total. The van der Waals surface area contributed by atoms with Crippen LogP contribution in [0.5, 0.6) is 0 Å². The molecule has 1 atom stereocenters. The van der Waals surface area contributed by atoms with Gasteiger partial charge < -0.3 is 5.11 Å². The fourth-order valence-electron chi connectivity index (χ4n) is 1.16. The fourth-order valence-corrected chi connectivity index (χ4v) is 2.86. The molecule has 0 bridgehead atoms. The van der Waals surface area contributed by atoms with Gasteiger partial charge in [-0.05, 0) is 31.2 Å². The number of thioether (sulfide) groups is 1. The smallest absolute Gasteiger partial charge is 0.316 e. The molecule has 0 saturated carbocycles. The van der Waals surface area contributed by atoms with Crippen molar-refractivity contribution in [2.45, 2.75) is 22.0 Å². The molecule has 0 spiro atoms. The first kappa shape index (κ1) is 15.0. The molecule has 0 aliphatic heterocycles. The number of nitrogens with zero attached hydrogens (tertiary/aromatic N) is 1. The van der Waals surface area contributed by atoms with Gasteiger partial charge in [0.2, 0.25) is 10.0 Å². The maximum Gasteiger partial charge on any atom is 0.316 e. The minimum absolute atomic E-state index is 0.194. The Morgan fingerprint density at radius 1 is 1.28 bits per heavy atom. The maximum absolute atomic E-state index is 11.8. The monoisotopic (exact) mass is 289 g/mol. The Balaban J connectivity index is 2.91. The van der Waals surface area contributed by atoms with E-state index in [0.717, 1.165) is 9.20 Å². The molecule has 0 aromatic heterocycles. The van der Waals surface area contributed by atoms with E-state index in [0.29, 0.717) is 0 Å². The standard InChI is InChI=1S/C11H15NO4S2/c1-8(11(13)14)17-9-4-6-10(7-5-9)18(15,16)12(2)3/h4-8H,1-3H3,(H,13,14). The van der Waals surface area contributed by atoms with Gasteiger partial charge in [-0.2, -0.15) is 0 Å². The van der Waals surface area contributed by atoms with Gasteiger partial charge in [-0.15, -0.1) is 11.8 Å². The normalized spacial score (nSPS) is 13.6. The van der Waals surface area contributed by atoms with Gasteiger partial charge in [-0.3, -0.25) is 4.79 Å². The van der Waals surface area contributed by atoms with E-state index in [-0.39, 0.29) is 4.90 Å². The first-order valence-electron chi connectivity index (χ1n) is 5.17. The van der Waals surface area contributed by atoms with Crippen LogP contribution in [0, 0.1) is 0 Å². The highest BCUT2D eigenvalue weighted by Crippen LogP contribution is 2.25. The summed E-state index contributed by atoms with van der Waals surface area (Å²) in [5, 5.41) is 8.21. The molecule has 1 rings (SSSR count). The summed E-state index contributed by atoms with van der Waals surface area (Å²) in [5.74, 6) is -0.898. The third kappa shape index (κ3) is 3.47. The summed E-state index contributed by atoms with van der Waals surface area (Å²) in [7, 11) is -0.505. The molecule has 0 saturated heterocycles. The van der Waals surface area contributed by atoms with Crippen LogP contribution < -0.4 is 0 Å². The molecule has 0 heterocycles. The topological polar surface area (TPSA) is 74.7 Å². The second-order valence-electron chi connectivity index (χ2n) is 3.86. The SMILES string of the molecule is CC(Sc1ccc(S(=O)(=O)N(C)C)cc1)C(=O)O. The molecule has 1 aromatic carbocycles. The van der Waals surface area contributed by atoms with E-state index in [1.54, 1.807) is 19.1 Å². The van der Waals surface area contributed by atoms with Crippen LogP contribution in [-0.4, -0.2) is 43.1 Å². The van der Waals surface area contributed by atoms with Crippen molar-refractivity contribution >= 4 is 27.8 Å². The molecule has 5 nitrogen and oxygen atoms in total. The quantitative estimate of drug-likeness (QED) is 0.831. The molecule has 100 valence electrons. The number of carboxylic acids is 1. The van der Waals surface area contributed by atoms with Gasteiger partial charge in [0.15, 0.2) is 0 Å². The van der Waals surface area contributed by atoms with Crippen LogP contribution in [0.25, 0.3) is 0 Å². The Morgan fingerprint density at radius 3 is 2.17 bits per heavy atom. The second-order valence-corrected chi connectivity index (χ2v) is 7.42. The van der Waals surface area contributed by atoms with Crippen molar-refractivity contribution in [2.24, 2.45) is 0 Å². The van der Waals surface area contributed by atoms with E-state index in [2.05, 4.69) is 0 Å². The Morgan fingerprint density at radius 2 is 1.78 bits per heavy atom. The number of hydrogen-bond acceptors (Lipinski definition) is 4. The van der Waals surface area contributed by atoms with Crippen molar-refractivity contribution in [3.05, 3.63) is 24.3 Å². The van der Waals surface area contributed by atoms with E-state index in [4.69, 9.17) is 5.11 Å². The molecule has 1 aromatic rings. The highest BCUT2D eigenvalue weighted by atomic mass is 32.2. The largest absolute Gasteiger partial charge is 0.480 e. The summed E-state index contributed by atoms with van der Waals surface area (Å²) < 4.78 is 24.7. The first-order chi connectivity index (χ1) is 8.25. The second kappa shape index (κ2) is 5.73. The van der Waals surface area contributed by atoms with Crippen molar-refractivity contribution in [3.8, 4) is 0 Å². The number of rotatable bonds is 5. The van der Waals surface area contributed by atoms with E-state index in [1.807, 2.05) is 0 Å². The van der Waals surface area contributed by atoms with Crippen molar-refractivity contribution in [2.75, 3.05) is 14.1 Å². The van der Waals surface area contributed by atoms with Gasteiger partial charge >= 0.3 is 5.97 Å². The first-order valence-corrected chi connectivity index (χ1v) is 7.49. The third-order valence-electron chi connectivity index (χ3n) is 2.26. The van der Waals surface area contributed by atoms with Crippen molar-refractivity contribution in [3.63, 3.8) is 0 Å². The van der Waals surface area contributed by atoms with Crippen molar-refractivity contribution in [1.82, 2.24) is 4.31 Å². The lowest BCUT2D eigenvalue weighted by atomic mass is 10.4. The Kier molecular flexibility index (Phi) is 4.78. The molecule has 0 radical (unpaired) electrons. The van der Waals surface area contributed by atoms with Crippen LogP contribution in [0.3, 0.4) is 0 Å². The molecule has 0 fully saturated rings. The Hall–Kier alpha value is -1.05. The molecule has 18 heavy (non-hydrogen) atoms. The number of carboxylic acid groups (broad SMARTS) is 1. The summed E-state index contributed by atoms with van der Waals surface area (Å²) in [6.45, 7) is 1.58. The number of carbonyl (C=O) groups is 1. The van der Waals surface area contributed by atoms with Gasteiger partial charge in [0.25, 0.3) is 0 Å².